The maximum absolute atomic E-state index is 13.4. The molecular weight excluding hydrogens is 524 g/mol. The van der Waals surface area contributed by atoms with Crippen LogP contribution in [-0.2, 0) is 16.0 Å². The van der Waals surface area contributed by atoms with Gasteiger partial charge in [-0.25, -0.2) is 19.6 Å². The molecule has 1 atom stereocenters. The van der Waals surface area contributed by atoms with Crippen LogP contribution in [-0.4, -0.2) is 52.2 Å². The number of rotatable bonds is 9. The van der Waals surface area contributed by atoms with Crippen LogP contribution in [0.25, 0.3) is 21.7 Å². The minimum Gasteiger partial charge on any atom is -0.456 e. The van der Waals surface area contributed by atoms with E-state index in [1.54, 1.807) is 43.6 Å². The fourth-order valence-electron chi connectivity index (χ4n) is 4.51. The van der Waals surface area contributed by atoms with E-state index in [9.17, 15) is 9.59 Å². The number of ether oxygens (including phenoxy) is 3. The summed E-state index contributed by atoms with van der Waals surface area (Å²) >= 11 is 0. The van der Waals surface area contributed by atoms with Crippen molar-refractivity contribution in [1.29, 1.82) is 5.41 Å². The van der Waals surface area contributed by atoms with Crippen molar-refractivity contribution in [2.24, 2.45) is 5.73 Å². The maximum Gasteiger partial charge on any atom is 0.406 e. The van der Waals surface area contributed by atoms with Crippen LogP contribution in [0.2, 0.25) is 0 Å². The van der Waals surface area contributed by atoms with E-state index in [1.807, 2.05) is 47.0 Å². The average Bonchev–Trinajstić information content (AvgIpc) is 3.34. The Balaban J connectivity index is 1.57. The molecule has 5 aromatic rings. The van der Waals surface area contributed by atoms with Gasteiger partial charge in [0.2, 0.25) is 0 Å². The number of methoxy groups -OCH3 is 1. The monoisotopic (exact) mass is 552 g/mol. The zero-order valence-corrected chi connectivity index (χ0v) is 22.5. The van der Waals surface area contributed by atoms with Crippen molar-refractivity contribution in [3.8, 4) is 11.8 Å². The zero-order valence-electron chi connectivity index (χ0n) is 22.5. The SMILES string of the molecule is COC(=O)NCC(C)OC(=O)c1cc2ccc(C(=N)N)cc2n1Cc1cc(Oc2ncccn2)cc2ccccc12. The molecule has 1 unspecified atom stereocenters. The van der Waals surface area contributed by atoms with E-state index in [0.29, 0.717) is 22.5 Å². The number of carbonyl (C=O) groups excluding carboxylic acids is 2. The molecule has 0 radical (unpaired) electrons. The summed E-state index contributed by atoms with van der Waals surface area (Å²) in [6.07, 6.45) is 1.96. The number of alkyl carbamates (subject to hydrolysis) is 1. The largest absolute Gasteiger partial charge is 0.456 e. The molecule has 0 aliphatic carbocycles. The molecule has 11 nitrogen and oxygen atoms in total. The van der Waals surface area contributed by atoms with Crippen LogP contribution in [0.15, 0.2) is 79.1 Å². The summed E-state index contributed by atoms with van der Waals surface area (Å²) in [4.78, 5) is 33.2. The number of aromatic nitrogens is 3. The number of nitrogens with two attached hydrogens (primary N) is 1. The highest BCUT2D eigenvalue weighted by molar-refractivity contribution is 6.01. The summed E-state index contributed by atoms with van der Waals surface area (Å²) in [7, 11) is 1.26. The van der Waals surface area contributed by atoms with Crippen LogP contribution in [0, 0.1) is 5.41 Å². The number of amidine groups is 1. The lowest BCUT2D eigenvalue weighted by molar-refractivity contribution is 0.0328. The smallest absolute Gasteiger partial charge is 0.406 e. The van der Waals surface area contributed by atoms with Gasteiger partial charge < -0.3 is 29.8 Å². The van der Waals surface area contributed by atoms with Crippen LogP contribution in [0.3, 0.4) is 0 Å². The van der Waals surface area contributed by atoms with Crippen LogP contribution < -0.4 is 15.8 Å². The third-order valence-electron chi connectivity index (χ3n) is 6.45. The summed E-state index contributed by atoms with van der Waals surface area (Å²) in [6, 6.07) is 20.6. The molecule has 0 fully saturated rings. The van der Waals surface area contributed by atoms with Gasteiger partial charge in [-0.1, -0.05) is 36.4 Å². The normalized spacial score (nSPS) is 11.7. The number of esters is 1. The Bertz CT molecular complexity index is 1750. The van der Waals surface area contributed by atoms with Crippen LogP contribution in [0.4, 0.5) is 4.79 Å². The number of nitrogen functional groups attached to an aromatic ring is 1. The molecule has 1 amide bonds. The lowest BCUT2D eigenvalue weighted by atomic mass is 10.0. The predicted molar refractivity (Wildman–Crippen MR) is 153 cm³/mol. The topological polar surface area (TPSA) is 154 Å². The van der Waals surface area contributed by atoms with Gasteiger partial charge in [-0.05, 0) is 53.6 Å². The number of nitrogens with zero attached hydrogens (tertiary/aromatic N) is 3. The van der Waals surface area contributed by atoms with Crippen molar-refractivity contribution in [1.82, 2.24) is 19.9 Å². The molecule has 0 bridgehead atoms. The molecule has 3 aromatic carbocycles. The van der Waals surface area contributed by atoms with Gasteiger partial charge in [-0.3, -0.25) is 5.41 Å². The highest BCUT2D eigenvalue weighted by atomic mass is 16.6. The zero-order chi connectivity index (χ0) is 28.9. The van der Waals surface area contributed by atoms with Crippen molar-refractivity contribution in [3.05, 3.63) is 95.9 Å². The quantitative estimate of drug-likeness (QED) is 0.136. The highest BCUT2D eigenvalue weighted by Crippen LogP contribution is 2.31. The minimum absolute atomic E-state index is 0.0820. The van der Waals surface area contributed by atoms with E-state index in [-0.39, 0.29) is 24.9 Å². The molecule has 0 spiro atoms. The molecule has 2 aromatic heterocycles. The third-order valence-corrected chi connectivity index (χ3v) is 6.45. The van der Waals surface area contributed by atoms with Crippen molar-refractivity contribution in [3.63, 3.8) is 0 Å². The van der Waals surface area contributed by atoms with Crippen molar-refractivity contribution >= 4 is 39.6 Å². The Morgan fingerprint density at radius 1 is 1.02 bits per heavy atom. The summed E-state index contributed by atoms with van der Waals surface area (Å²) < 4.78 is 18.0. The molecule has 41 heavy (non-hydrogen) atoms. The van der Waals surface area contributed by atoms with Gasteiger partial charge in [0.05, 0.1) is 13.7 Å². The number of fused-ring (bicyclic) bond motifs is 2. The standard InChI is InChI=1S/C30H28N6O5/c1-18(16-35-30(38)39-2)40-28(37)26-14-20-8-9-21(27(31)32)15-25(20)36(26)17-22-13-23(41-29-33-10-5-11-34-29)12-19-6-3-4-7-24(19)22/h3-15,18H,16-17H2,1-2H3,(H3,31,32)(H,35,38). The van der Waals surface area contributed by atoms with Crippen LogP contribution in [0.5, 0.6) is 11.8 Å². The van der Waals surface area contributed by atoms with Crippen LogP contribution in [0.1, 0.15) is 28.5 Å². The summed E-state index contributed by atoms with van der Waals surface area (Å²) in [6.45, 7) is 2.03. The molecule has 0 saturated heterocycles. The summed E-state index contributed by atoms with van der Waals surface area (Å²) in [5.74, 6) is -0.119. The average molecular weight is 553 g/mol. The Hall–Kier alpha value is -5.45. The molecule has 0 aliphatic heterocycles. The molecule has 0 aliphatic rings. The van der Waals surface area contributed by atoms with Gasteiger partial charge in [-0.2, -0.15) is 0 Å². The first-order valence-electron chi connectivity index (χ1n) is 12.8. The van der Waals surface area contributed by atoms with E-state index in [2.05, 4.69) is 20.0 Å². The number of hydrogen-bond acceptors (Lipinski definition) is 8. The summed E-state index contributed by atoms with van der Waals surface area (Å²) in [5, 5.41) is 13.1. The first-order chi connectivity index (χ1) is 19.8. The van der Waals surface area contributed by atoms with E-state index in [0.717, 1.165) is 21.7 Å². The Morgan fingerprint density at radius 3 is 2.56 bits per heavy atom. The third kappa shape index (κ3) is 6.09. The van der Waals surface area contributed by atoms with E-state index < -0.39 is 18.2 Å². The van der Waals surface area contributed by atoms with E-state index in [1.165, 1.54) is 7.11 Å². The first kappa shape index (κ1) is 27.1. The Morgan fingerprint density at radius 2 is 1.80 bits per heavy atom. The Labute approximate surface area is 235 Å². The van der Waals surface area contributed by atoms with E-state index >= 15 is 0 Å². The van der Waals surface area contributed by atoms with Crippen molar-refractivity contribution < 1.29 is 23.8 Å². The molecule has 208 valence electrons. The molecule has 4 N–H and O–H groups in total. The lowest BCUT2D eigenvalue weighted by Crippen LogP contribution is -2.33. The van der Waals surface area contributed by atoms with Gasteiger partial charge in [0.15, 0.2) is 0 Å². The number of benzene rings is 3. The molecule has 11 heteroatoms. The van der Waals surface area contributed by atoms with Crippen molar-refractivity contribution in [2.75, 3.05) is 13.7 Å². The van der Waals surface area contributed by atoms with Crippen molar-refractivity contribution in [2.45, 2.75) is 19.6 Å². The Kier molecular flexibility index (Phi) is 7.77. The fourth-order valence-corrected chi connectivity index (χ4v) is 4.51. The number of amides is 1. The first-order valence-corrected chi connectivity index (χ1v) is 12.8. The second-order valence-corrected chi connectivity index (χ2v) is 9.33. The summed E-state index contributed by atoms with van der Waals surface area (Å²) in [5.41, 5.74) is 8.18. The second-order valence-electron chi connectivity index (χ2n) is 9.33. The van der Waals surface area contributed by atoms with E-state index in [4.69, 9.17) is 20.6 Å². The highest BCUT2D eigenvalue weighted by Gasteiger charge is 2.21. The van der Waals surface area contributed by atoms with Gasteiger partial charge in [-0.15, -0.1) is 0 Å². The minimum atomic E-state index is -0.621. The van der Waals surface area contributed by atoms with Gasteiger partial charge in [0.1, 0.15) is 23.4 Å². The lowest BCUT2D eigenvalue weighted by Gasteiger charge is -2.17. The molecule has 5 rings (SSSR count). The number of hydrogen-bond donors (Lipinski definition) is 3. The molecule has 0 saturated carbocycles. The predicted octanol–water partition coefficient (Wildman–Crippen LogP) is 4.61. The second kappa shape index (κ2) is 11.7. The van der Waals surface area contributed by atoms with Gasteiger partial charge in [0, 0.05) is 35.4 Å². The molecular formula is C30H28N6O5. The fraction of sp³-hybridized carbons (Fsp3) is 0.167. The van der Waals surface area contributed by atoms with Gasteiger partial charge >= 0.3 is 18.1 Å². The molecule has 2 heterocycles. The maximum atomic E-state index is 13.4. The number of nitrogens with one attached hydrogen (secondary N) is 2. The number of carbonyl (C=O) groups is 2. The van der Waals surface area contributed by atoms with Gasteiger partial charge in [0.25, 0.3) is 0 Å². The van der Waals surface area contributed by atoms with Crippen LogP contribution >= 0.6 is 0 Å².